The Morgan fingerprint density at radius 2 is 1.82 bits per heavy atom. The molecule has 1 aromatic heterocycles. The van der Waals surface area contributed by atoms with Crippen molar-refractivity contribution in [3.63, 3.8) is 0 Å². The van der Waals surface area contributed by atoms with E-state index in [2.05, 4.69) is 20.5 Å². The smallest absolute Gasteiger partial charge is 0.416 e. The van der Waals surface area contributed by atoms with Gasteiger partial charge in [-0.1, -0.05) is 23.2 Å². The SMILES string of the molecule is CC(C)(Oc1ccc(Cl)cc1Cl)C(=O)NC1C[C@H]2CC[C@@H](C1)N2c1ccc(C(=O)NCC(O)C(F)(F)F)cn1. The fourth-order valence-electron chi connectivity index (χ4n) is 4.99. The maximum absolute atomic E-state index is 13.1. The van der Waals surface area contributed by atoms with Gasteiger partial charge in [-0.25, -0.2) is 4.98 Å². The highest BCUT2D eigenvalue weighted by Crippen LogP contribution is 2.39. The van der Waals surface area contributed by atoms with Gasteiger partial charge in [0.05, 0.1) is 17.1 Å². The summed E-state index contributed by atoms with van der Waals surface area (Å²) in [6, 6.07) is 8.13. The zero-order valence-electron chi connectivity index (χ0n) is 21.3. The molecule has 4 atom stereocenters. The number of carbonyl (C=O) groups is 2. The maximum atomic E-state index is 13.1. The molecule has 13 heteroatoms. The summed E-state index contributed by atoms with van der Waals surface area (Å²) in [6.45, 7) is 2.40. The number of alkyl halides is 3. The predicted octanol–water partition coefficient (Wildman–Crippen LogP) is 4.52. The van der Waals surface area contributed by atoms with Crippen molar-refractivity contribution >= 4 is 40.8 Å². The number of rotatable bonds is 8. The summed E-state index contributed by atoms with van der Waals surface area (Å²) >= 11 is 12.1. The molecule has 1 aromatic carbocycles. The van der Waals surface area contributed by atoms with Crippen molar-refractivity contribution in [1.82, 2.24) is 15.6 Å². The quantitative estimate of drug-likeness (QED) is 0.419. The van der Waals surface area contributed by atoms with Crippen LogP contribution in [0.2, 0.25) is 10.0 Å². The van der Waals surface area contributed by atoms with Crippen molar-refractivity contribution in [1.29, 1.82) is 0 Å². The fourth-order valence-corrected chi connectivity index (χ4v) is 5.43. The van der Waals surface area contributed by atoms with Crippen LogP contribution in [0.4, 0.5) is 19.0 Å². The number of hydrogen-bond acceptors (Lipinski definition) is 6. The molecular weight excluding hydrogens is 560 g/mol. The number of aromatic nitrogens is 1. The largest absolute Gasteiger partial charge is 0.476 e. The first-order chi connectivity index (χ1) is 18.2. The van der Waals surface area contributed by atoms with Crippen LogP contribution < -0.4 is 20.3 Å². The molecule has 2 aromatic rings. The molecule has 2 aliphatic rings. The van der Waals surface area contributed by atoms with Gasteiger partial charge in [-0.15, -0.1) is 0 Å². The number of pyridine rings is 1. The van der Waals surface area contributed by atoms with Gasteiger partial charge in [0, 0.05) is 29.3 Å². The first kappa shape index (κ1) is 29.2. The van der Waals surface area contributed by atoms with Crippen LogP contribution in [0.5, 0.6) is 5.75 Å². The Kier molecular flexibility index (Phi) is 8.53. The molecule has 212 valence electrons. The van der Waals surface area contributed by atoms with Crippen LogP contribution in [-0.4, -0.2) is 64.5 Å². The van der Waals surface area contributed by atoms with Crippen LogP contribution in [0.3, 0.4) is 0 Å². The molecular formula is C26H29Cl2F3N4O4. The van der Waals surface area contributed by atoms with Crippen molar-refractivity contribution in [2.24, 2.45) is 0 Å². The lowest BCUT2D eigenvalue weighted by atomic mass is 9.96. The number of piperidine rings is 1. The molecule has 3 heterocycles. The molecule has 0 radical (unpaired) electrons. The van der Waals surface area contributed by atoms with Crippen molar-refractivity contribution in [2.45, 2.75) is 75.5 Å². The Hall–Kier alpha value is -2.76. The van der Waals surface area contributed by atoms with E-state index in [0.717, 1.165) is 12.8 Å². The van der Waals surface area contributed by atoms with E-state index in [0.29, 0.717) is 34.5 Å². The normalized spacial score (nSPS) is 21.8. The summed E-state index contributed by atoms with van der Waals surface area (Å²) in [5.74, 6) is -0.0157. The Balaban J connectivity index is 1.34. The van der Waals surface area contributed by atoms with Gasteiger partial charge in [0.15, 0.2) is 11.7 Å². The van der Waals surface area contributed by atoms with Crippen LogP contribution in [0.25, 0.3) is 0 Å². The van der Waals surface area contributed by atoms with Gasteiger partial charge in [0.2, 0.25) is 0 Å². The number of nitrogens with zero attached hydrogens (tertiary/aromatic N) is 2. The second-order valence-electron chi connectivity index (χ2n) is 10.3. The molecule has 2 bridgehead atoms. The summed E-state index contributed by atoms with van der Waals surface area (Å²) < 4.78 is 43.3. The monoisotopic (exact) mass is 588 g/mol. The lowest BCUT2D eigenvalue weighted by Crippen LogP contribution is -2.55. The molecule has 0 aliphatic carbocycles. The van der Waals surface area contributed by atoms with Gasteiger partial charge in [-0.3, -0.25) is 9.59 Å². The number of aliphatic hydroxyl groups excluding tert-OH is 1. The third-order valence-electron chi connectivity index (χ3n) is 6.98. The Labute approximate surface area is 233 Å². The summed E-state index contributed by atoms with van der Waals surface area (Å²) in [6.07, 6.45) is -2.93. The van der Waals surface area contributed by atoms with E-state index in [4.69, 9.17) is 33.0 Å². The minimum absolute atomic E-state index is 0.0695. The third-order valence-corrected chi connectivity index (χ3v) is 7.51. The number of fused-ring (bicyclic) bond motifs is 2. The van der Waals surface area contributed by atoms with Crippen molar-refractivity contribution in [3.05, 3.63) is 52.1 Å². The molecule has 2 aliphatic heterocycles. The minimum Gasteiger partial charge on any atom is -0.476 e. The van der Waals surface area contributed by atoms with E-state index < -0.39 is 30.3 Å². The number of anilines is 1. The average molecular weight is 589 g/mol. The molecule has 2 saturated heterocycles. The molecule has 39 heavy (non-hydrogen) atoms. The van der Waals surface area contributed by atoms with Crippen LogP contribution in [0.15, 0.2) is 36.5 Å². The number of halogens is 5. The van der Waals surface area contributed by atoms with Gasteiger partial charge in [0.1, 0.15) is 11.6 Å². The van der Waals surface area contributed by atoms with Crippen molar-refractivity contribution < 1.29 is 32.6 Å². The number of ether oxygens (including phenoxy) is 1. The molecule has 0 spiro atoms. The summed E-state index contributed by atoms with van der Waals surface area (Å²) in [5, 5.41) is 15.0. The zero-order valence-corrected chi connectivity index (χ0v) is 22.8. The first-order valence-corrected chi connectivity index (χ1v) is 13.2. The number of carbonyl (C=O) groups excluding carboxylic acids is 2. The van der Waals surface area contributed by atoms with Crippen molar-refractivity contribution in [3.8, 4) is 5.75 Å². The zero-order chi connectivity index (χ0) is 28.5. The highest BCUT2D eigenvalue weighted by atomic mass is 35.5. The number of nitrogens with one attached hydrogen (secondary N) is 2. The molecule has 3 N–H and O–H groups in total. The van der Waals surface area contributed by atoms with E-state index in [1.165, 1.54) is 12.3 Å². The lowest BCUT2D eigenvalue weighted by Gasteiger charge is -2.40. The molecule has 2 amide bonds. The molecule has 4 rings (SSSR count). The van der Waals surface area contributed by atoms with Crippen LogP contribution in [0.1, 0.15) is 49.9 Å². The Bertz CT molecular complexity index is 1200. The second-order valence-corrected chi connectivity index (χ2v) is 11.1. The summed E-state index contributed by atoms with van der Waals surface area (Å²) in [4.78, 5) is 31.8. The van der Waals surface area contributed by atoms with E-state index in [-0.39, 0.29) is 29.6 Å². The fraction of sp³-hybridized carbons (Fsp3) is 0.500. The van der Waals surface area contributed by atoms with E-state index in [9.17, 15) is 22.8 Å². The predicted molar refractivity (Wildman–Crippen MR) is 140 cm³/mol. The highest BCUT2D eigenvalue weighted by Gasteiger charge is 2.43. The minimum atomic E-state index is -4.81. The standard InChI is InChI=1S/C26H29Cl2F3N4O4/c1-25(2,39-20-7-4-15(27)9-19(20)28)24(38)34-16-10-17-5-6-18(11-16)35(17)22-8-3-14(12-32-22)23(37)33-13-21(36)26(29,30)31/h3-4,7-9,12,16-18,21,36H,5-6,10-11,13H2,1-2H3,(H,33,37)(H,34,38)/t16?,17-,18+,21?. The van der Waals surface area contributed by atoms with E-state index in [1.54, 1.807) is 38.1 Å². The van der Waals surface area contributed by atoms with Crippen LogP contribution in [-0.2, 0) is 4.79 Å². The van der Waals surface area contributed by atoms with E-state index >= 15 is 0 Å². The van der Waals surface area contributed by atoms with Crippen molar-refractivity contribution in [2.75, 3.05) is 11.4 Å². The average Bonchev–Trinajstić information content (AvgIpc) is 3.13. The number of hydrogen-bond donors (Lipinski definition) is 3. The van der Waals surface area contributed by atoms with Gasteiger partial charge < -0.3 is 25.4 Å². The molecule has 0 saturated carbocycles. The third kappa shape index (κ3) is 6.88. The topological polar surface area (TPSA) is 104 Å². The van der Waals surface area contributed by atoms with Gasteiger partial charge in [-0.2, -0.15) is 13.2 Å². The van der Waals surface area contributed by atoms with Crippen LogP contribution in [0, 0.1) is 0 Å². The summed E-state index contributed by atoms with van der Waals surface area (Å²) in [7, 11) is 0. The molecule has 2 fully saturated rings. The number of amides is 2. The Morgan fingerprint density at radius 3 is 2.38 bits per heavy atom. The second kappa shape index (κ2) is 11.4. The van der Waals surface area contributed by atoms with Gasteiger partial charge >= 0.3 is 6.18 Å². The lowest BCUT2D eigenvalue weighted by molar-refractivity contribution is -0.201. The number of benzene rings is 1. The summed E-state index contributed by atoms with van der Waals surface area (Å²) in [5.41, 5.74) is -1.09. The maximum Gasteiger partial charge on any atom is 0.416 e. The molecule has 8 nitrogen and oxygen atoms in total. The molecule has 2 unspecified atom stereocenters. The Morgan fingerprint density at radius 1 is 1.15 bits per heavy atom. The first-order valence-electron chi connectivity index (χ1n) is 12.5. The van der Waals surface area contributed by atoms with Gasteiger partial charge in [0.25, 0.3) is 11.8 Å². The highest BCUT2D eigenvalue weighted by molar-refractivity contribution is 6.35. The van der Waals surface area contributed by atoms with Crippen LogP contribution >= 0.6 is 23.2 Å². The number of aliphatic hydroxyl groups is 1. The van der Waals surface area contributed by atoms with Gasteiger partial charge in [-0.05, 0) is 69.9 Å². The van der Waals surface area contributed by atoms with E-state index in [1.807, 2.05) is 0 Å².